The Bertz CT molecular complexity index is 812. The molecule has 0 aliphatic heterocycles. The van der Waals surface area contributed by atoms with E-state index < -0.39 is 0 Å². The van der Waals surface area contributed by atoms with Crippen molar-refractivity contribution in [3.8, 4) is 0 Å². The summed E-state index contributed by atoms with van der Waals surface area (Å²) in [5, 5.41) is 8.10. The highest BCUT2D eigenvalue weighted by molar-refractivity contribution is 7.08. The lowest BCUT2D eigenvalue weighted by Crippen LogP contribution is -2.28. The molecule has 23 heavy (non-hydrogen) atoms. The van der Waals surface area contributed by atoms with E-state index in [-0.39, 0.29) is 17.4 Å². The van der Waals surface area contributed by atoms with Gasteiger partial charge < -0.3 is 9.73 Å². The van der Waals surface area contributed by atoms with Crippen molar-refractivity contribution in [1.29, 1.82) is 0 Å². The molecule has 5 nitrogen and oxygen atoms in total. The molecule has 0 saturated heterocycles. The molecule has 0 bridgehead atoms. The molecule has 1 atom stereocenters. The minimum absolute atomic E-state index is 0.169. The summed E-state index contributed by atoms with van der Waals surface area (Å²) in [5.74, 6) is 0.562. The lowest BCUT2D eigenvalue weighted by atomic mass is 9.91. The second-order valence-electron chi connectivity index (χ2n) is 6.58. The van der Waals surface area contributed by atoms with Crippen molar-refractivity contribution in [2.45, 2.75) is 39.2 Å². The molecular formula is C17H19N3O2S. The molecule has 1 aromatic carbocycles. The standard InChI is InChI=1S/C17H19N3O2S/c1-10(13-9-11-7-5-6-8-12(11)22-13)18-16(21)14-15(17(2,3)4)19-20-23-14/h5-10H,1-4H3,(H,18,21). The Morgan fingerprint density at radius 3 is 2.74 bits per heavy atom. The van der Waals surface area contributed by atoms with Gasteiger partial charge in [0, 0.05) is 10.8 Å². The molecule has 0 fully saturated rings. The second-order valence-corrected chi connectivity index (χ2v) is 7.34. The Balaban J connectivity index is 1.81. The van der Waals surface area contributed by atoms with Gasteiger partial charge in [-0.05, 0) is 30.6 Å². The molecule has 6 heteroatoms. The summed E-state index contributed by atoms with van der Waals surface area (Å²) >= 11 is 1.12. The smallest absolute Gasteiger partial charge is 0.265 e. The van der Waals surface area contributed by atoms with Crippen molar-refractivity contribution in [3.63, 3.8) is 0 Å². The summed E-state index contributed by atoms with van der Waals surface area (Å²) in [7, 11) is 0. The van der Waals surface area contributed by atoms with Gasteiger partial charge in [-0.3, -0.25) is 4.79 Å². The van der Waals surface area contributed by atoms with Crippen molar-refractivity contribution >= 4 is 28.4 Å². The number of rotatable bonds is 3. The molecule has 0 aliphatic carbocycles. The number of amides is 1. The average Bonchev–Trinajstić information content (AvgIpc) is 3.13. The average molecular weight is 329 g/mol. The second kappa shape index (κ2) is 5.77. The van der Waals surface area contributed by atoms with Crippen LogP contribution in [0.1, 0.15) is 54.9 Å². The third-order valence-corrected chi connectivity index (χ3v) is 4.35. The highest BCUT2D eigenvalue weighted by Crippen LogP contribution is 2.27. The minimum atomic E-state index is -0.232. The van der Waals surface area contributed by atoms with E-state index in [1.165, 1.54) is 0 Å². The number of carbonyl (C=O) groups excluding carboxylic acids is 1. The molecule has 2 heterocycles. The van der Waals surface area contributed by atoms with E-state index in [1.807, 2.05) is 58.0 Å². The van der Waals surface area contributed by atoms with E-state index in [0.717, 1.165) is 34.0 Å². The van der Waals surface area contributed by atoms with Crippen LogP contribution >= 0.6 is 11.5 Å². The maximum atomic E-state index is 12.5. The molecule has 3 aromatic rings. The zero-order valence-corrected chi connectivity index (χ0v) is 14.4. The van der Waals surface area contributed by atoms with E-state index in [9.17, 15) is 4.79 Å². The number of hydrogen-bond donors (Lipinski definition) is 1. The number of fused-ring (bicyclic) bond motifs is 1. The van der Waals surface area contributed by atoms with Crippen molar-refractivity contribution in [1.82, 2.24) is 14.9 Å². The first-order valence-electron chi connectivity index (χ1n) is 7.48. The maximum absolute atomic E-state index is 12.5. The zero-order valence-electron chi connectivity index (χ0n) is 13.6. The first-order valence-corrected chi connectivity index (χ1v) is 8.26. The number of aromatic nitrogens is 2. The molecular weight excluding hydrogens is 310 g/mol. The van der Waals surface area contributed by atoms with Gasteiger partial charge in [-0.2, -0.15) is 0 Å². The molecule has 1 unspecified atom stereocenters. The Morgan fingerprint density at radius 1 is 1.30 bits per heavy atom. The molecule has 1 amide bonds. The van der Waals surface area contributed by atoms with Crippen LogP contribution in [0, 0.1) is 0 Å². The molecule has 0 spiro atoms. The number of furan rings is 1. The van der Waals surface area contributed by atoms with Gasteiger partial charge in [0.2, 0.25) is 0 Å². The van der Waals surface area contributed by atoms with Crippen LogP contribution in [0.4, 0.5) is 0 Å². The van der Waals surface area contributed by atoms with E-state index in [1.54, 1.807) is 0 Å². The fraction of sp³-hybridized carbons (Fsp3) is 0.353. The summed E-state index contributed by atoms with van der Waals surface area (Å²) in [5.41, 5.74) is 1.32. The number of para-hydroxylation sites is 1. The first-order chi connectivity index (χ1) is 10.9. The van der Waals surface area contributed by atoms with Crippen LogP contribution < -0.4 is 5.32 Å². The molecule has 2 aromatic heterocycles. The largest absolute Gasteiger partial charge is 0.459 e. The fourth-order valence-corrected chi connectivity index (χ4v) is 3.16. The molecule has 0 saturated carbocycles. The van der Waals surface area contributed by atoms with Crippen LogP contribution in [-0.2, 0) is 5.41 Å². The molecule has 0 radical (unpaired) electrons. The normalized spacial score (nSPS) is 13.2. The highest BCUT2D eigenvalue weighted by atomic mass is 32.1. The molecule has 0 aliphatic rings. The summed E-state index contributed by atoms with van der Waals surface area (Å²) in [6.45, 7) is 7.95. The SMILES string of the molecule is CC(NC(=O)c1snnc1C(C)(C)C)c1cc2ccccc2o1. The van der Waals surface area contributed by atoms with Crippen LogP contribution in [0.5, 0.6) is 0 Å². The van der Waals surface area contributed by atoms with Gasteiger partial charge in [0.1, 0.15) is 16.2 Å². The van der Waals surface area contributed by atoms with E-state index in [2.05, 4.69) is 14.9 Å². The molecule has 1 N–H and O–H groups in total. The Kier molecular flexibility index (Phi) is 3.93. The quantitative estimate of drug-likeness (QED) is 0.786. The first kappa shape index (κ1) is 15.7. The summed E-state index contributed by atoms with van der Waals surface area (Å²) in [6.07, 6.45) is 0. The van der Waals surface area contributed by atoms with Crippen LogP contribution in [0.3, 0.4) is 0 Å². The number of carbonyl (C=O) groups is 1. The minimum Gasteiger partial charge on any atom is -0.459 e. The monoisotopic (exact) mass is 329 g/mol. The summed E-state index contributed by atoms with van der Waals surface area (Å²) < 4.78 is 9.73. The van der Waals surface area contributed by atoms with Gasteiger partial charge in [0.05, 0.1) is 11.7 Å². The van der Waals surface area contributed by atoms with Crippen molar-refractivity contribution in [3.05, 3.63) is 46.7 Å². The Hall–Kier alpha value is -2.21. The predicted octanol–water partition coefficient (Wildman–Crippen LogP) is 4.07. The molecule has 120 valence electrons. The lowest BCUT2D eigenvalue weighted by Gasteiger charge is -2.17. The third-order valence-electron chi connectivity index (χ3n) is 3.62. The number of benzene rings is 1. The Morgan fingerprint density at radius 2 is 2.04 bits per heavy atom. The summed E-state index contributed by atoms with van der Waals surface area (Å²) in [6, 6.07) is 9.52. The fourth-order valence-electron chi connectivity index (χ4n) is 2.38. The van der Waals surface area contributed by atoms with Gasteiger partial charge in [0.15, 0.2) is 0 Å². The lowest BCUT2D eigenvalue weighted by molar-refractivity contribution is 0.0937. The van der Waals surface area contributed by atoms with E-state index >= 15 is 0 Å². The van der Waals surface area contributed by atoms with E-state index in [4.69, 9.17) is 4.42 Å². The van der Waals surface area contributed by atoms with Gasteiger partial charge in [-0.1, -0.05) is 43.5 Å². The van der Waals surface area contributed by atoms with Gasteiger partial charge in [-0.25, -0.2) is 0 Å². The maximum Gasteiger partial charge on any atom is 0.265 e. The zero-order chi connectivity index (χ0) is 16.6. The van der Waals surface area contributed by atoms with Crippen LogP contribution in [0.15, 0.2) is 34.7 Å². The van der Waals surface area contributed by atoms with Crippen LogP contribution in [-0.4, -0.2) is 15.5 Å². The third kappa shape index (κ3) is 3.12. The number of hydrogen-bond acceptors (Lipinski definition) is 5. The highest BCUT2D eigenvalue weighted by Gasteiger charge is 2.27. The van der Waals surface area contributed by atoms with Crippen LogP contribution in [0.2, 0.25) is 0 Å². The van der Waals surface area contributed by atoms with E-state index in [0.29, 0.717) is 4.88 Å². The van der Waals surface area contributed by atoms with Crippen molar-refractivity contribution < 1.29 is 9.21 Å². The van der Waals surface area contributed by atoms with Gasteiger partial charge in [0.25, 0.3) is 5.91 Å². The van der Waals surface area contributed by atoms with Crippen molar-refractivity contribution in [2.75, 3.05) is 0 Å². The topological polar surface area (TPSA) is 68.0 Å². The van der Waals surface area contributed by atoms with Gasteiger partial charge >= 0.3 is 0 Å². The number of nitrogens with one attached hydrogen (secondary N) is 1. The van der Waals surface area contributed by atoms with Gasteiger partial charge in [-0.15, -0.1) is 5.10 Å². The van der Waals surface area contributed by atoms with Crippen LogP contribution in [0.25, 0.3) is 11.0 Å². The predicted molar refractivity (Wildman–Crippen MR) is 90.7 cm³/mol. The number of nitrogens with zero attached hydrogens (tertiary/aromatic N) is 2. The Labute approximate surface area is 138 Å². The molecule has 3 rings (SSSR count). The summed E-state index contributed by atoms with van der Waals surface area (Å²) in [4.78, 5) is 13.1. The van der Waals surface area contributed by atoms with Crippen molar-refractivity contribution in [2.24, 2.45) is 0 Å².